The Labute approximate surface area is 74.6 Å². The molecule has 0 bridgehead atoms. The van der Waals surface area contributed by atoms with Gasteiger partial charge in [0.25, 0.3) is 0 Å². The molecule has 1 aromatic heterocycles. The smallest absolute Gasteiger partial charge is 0.261 e. The van der Waals surface area contributed by atoms with E-state index in [0.717, 1.165) is 12.3 Å². The first-order valence-electron chi connectivity index (χ1n) is 3.83. The summed E-state index contributed by atoms with van der Waals surface area (Å²) in [4.78, 5) is 3.81. The van der Waals surface area contributed by atoms with Gasteiger partial charge >= 0.3 is 6.18 Å². The quantitative estimate of drug-likeness (QED) is 0.660. The molecule has 4 heteroatoms. The lowest BCUT2D eigenvalue weighted by molar-refractivity contribution is -0.138. The zero-order valence-electron chi connectivity index (χ0n) is 7.15. The number of aromatic nitrogens is 1. The van der Waals surface area contributed by atoms with Crippen LogP contribution < -0.4 is 0 Å². The van der Waals surface area contributed by atoms with Gasteiger partial charge in [-0.15, -0.1) is 0 Å². The van der Waals surface area contributed by atoms with Gasteiger partial charge in [0.05, 0.1) is 5.56 Å². The molecule has 1 aromatic rings. The molecule has 0 aliphatic carbocycles. The number of halogens is 3. The summed E-state index contributed by atoms with van der Waals surface area (Å²) in [6, 6.07) is 0.946. The molecule has 0 amide bonds. The maximum Gasteiger partial charge on any atom is 0.416 e. The highest BCUT2D eigenvalue weighted by Crippen LogP contribution is 2.32. The minimum absolute atomic E-state index is 0.0162. The number of alkyl halides is 3. The van der Waals surface area contributed by atoms with Crippen molar-refractivity contribution in [2.45, 2.75) is 19.5 Å². The van der Waals surface area contributed by atoms with Crippen molar-refractivity contribution < 1.29 is 13.2 Å². The number of nitrogens with zero attached hydrogens (tertiary/aromatic N) is 1. The molecule has 0 spiro atoms. The maximum absolute atomic E-state index is 12.3. The lowest BCUT2D eigenvalue weighted by Crippen LogP contribution is -2.09. The van der Waals surface area contributed by atoms with E-state index in [4.69, 9.17) is 0 Å². The van der Waals surface area contributed by atoms with Crippen molar-refractivity contribution in [1.82, 2.24) is 4.98 Å². The number of aryl methyl sites for hydroxylation is 1. The van der Waals surface area contributed by atoms with Gasteiger partial charge in [-0.25, -0.2) is 0 Å². The molecule has 0 atom stereocenters. The minimum atomic E-state index is -4.33. The van der Waals surface area contributed by atoms with Gasteiger partial charge in [-0.05, 0) is 25.0 Å². The summed E-state index contributed by atoms with van der Waals surface area (Å²) in [6.07, 6.45) is -2.71. The summed E-state index contributed by atoms with van der Waals surface area (Å²) in [5.41, 5.74) is -0.313. The fourth-order valence-corrected chi connectivity index (χ4v) is 1.11. The molecule has 1 radical (unpaired) electrons. The van der Waals surface area contributed by atoms with Crippen molar-refractivity contribution in [1.29, 1.82) is 0 Å². The highest BCUT2D eigenvalue weighted by Gasteiger charge is 2.32. The van der Waals surface area contributed by atoms with Crippen LogP contribution in [0, 0.1) is 6.92 Å². The third-order valence-electron chi connectivity index (χ3n) is 1.79. The van der Waals surface area contributed by atoms with E-state index in [9.17, 15) is 13.2 Å². The molecule has 0 saturated carbocycles. The third-order valence-corrected chi connectivity index (χ3v) is 1.79. The zero-order chi connectivity index (χ0) is 10.1. The SMILES string of the molecule is [CH2]c1c(C(F)(F)F)ccnc1CC. The molecule has 0 aliphatic heterocycles. The maximum atomic E-state index is 12.3. The van der Waals surface area contributed by atoms with E-state index in [2.05, 4.69) is 11.9 Å². The van der Waals surface area contributed by atoms with Crippen molar-refractivity contribution in [3.63, 3.8) is 0 Å². The second-order valence-electron chi connectivity index (χ2n) is 2.64. The third kappa shape index (κ3) is 1.99. The van der Waals surface area contributed by atoms with E-state index in [0.29, 0.717) is 12.1 Å². The molecule has 13 heavy (non-hydrogen) atoms. The molecule has 0 N–H and O–H groups in total. The number of rotatable bonds is 1. The Hall–Kier alpha value is -1.06. The lowest BCUT2D eigenvalue weighted by Gasteiger charge is -2.11. The molecule has 0 aromatic carbocycles. The van der Waals surface area contributed by atoms with Crippen molar-refractivity contribution >= 4 is 0 Å². The van der Waals surface area contributed by atoms with Crippen LogP contribution in [0.25, 0.3) is 0 Å². The van der Waals surface area contributed by atoms with Gasteiger partial charge in [-0.2, -0.15) is 13.2 Å². The normalized spacial score (nSPS) is 11.8. The van der Waals surface area contributed by atoms with Crippen molar-refractivity contribution in [2.24, 2.45) is 0 Å². The highest BCUT2D eigenvalue weighted by molar-refractivity contribution is 5.34. The Bertz CT molecular complexity index is 304. The number of pyridine rings is 1. The first-order chi connectivity index (χ1) is 5.96. The van der Waals surface area contributed by atoms with Crippen LogP contribution in [0.2, 0.25) is 0 Å². The summed E-state index contributed by atoms with van der Waals surface area (Å²) in [5.74, 6) is 0. The van der Waals surface area contributed by atoms with E-state index in [1.165, 1.54) is 0 Å². The van der Waals surface area contributed by atoms with E-state index in [1.54, 1.807) is 6.92 Å². The van der Waals surface area contributed by atoms with E-state index in [-0.39, 0.29) is 5.56 Å². The summed E-state index contributed by atoms with van der Waals surface area (Å²) >= 11 is 0. The van der Waals surface area contributed by atoms with Crippen molar-refractivity contribution in [2.75, 3.05) is 0 Å². The molecular formula is C9H9F3N. The standard InChI is InChI=1S/C9H9F3N/c1-3-8-6(2)7(4-5-13-8)9(10,11)12/h4-5H,2-3H2,1H3. The van der Waals surface area contributed by atoms with Crippen LogP contribution >= 0.6 is 0 Å². The van der Waals surface area contributed by atoms with Crippen molar-refractivity contribution in [3.8, 4) is 0 Å². The monoisotopic (exact) mass is 188 g/mol. The predicted molar refractivity (Wildman–Crippen MR) is 43.1 cm³/mol. The molecule has 0 unspecified atom stereocenters. The predicted octanol–water partition coefficient (Wildman–Crippen LogP) is 2.84. The van der Waals surface area contributed by atoms with Gasteiger partial charge in [-0.3, -0.25) is 4.98 Å². The van der Waals surface area contributed by atoms with Gasteiger partial charge in [-0.1, -0.05) is 6.92 Å². The van der Waals surface area contributed by atoms with Crippen LogP contribution in [0.1, 0.15) is 23.7 Å². The number of hydrogen-bond donors (Lipinski definition) is 0. The molecule has 0 saturated heterocycles. The fourth-order valence-electron chi connectivity index (χ4n) is 1.11. The van der Waals surface area contributed by atoms with Crippen LogP contribution in [0.3, 0.4) is 0 Å². The number of hydrogen-bond acceptors (Lipinski definition) is 1. The van der Waals surface area contributed by atoms with E-state index < -0.39 is 11.7 Å². The van der Waals surface area contributed by atoms with Crippen LogP contribution in [0.15, 0.2) is 12.3 Å². The Balaban J connectivity index is 3.24. The molecule has 0 fully saturated rings. The molecule has 0 aliphatic rings. The van der Waals surface area contributed by atoms with Crippen LogP contribution in [-0.4, -0.2) is 4.98 Å². The molecule has 1 heterocycles. The summed E-state index contributed by atoms with van der Waals surface area (Å²) in [5, 5.41) is 0. The Kier molecular flexibility index (Phi) is 2.59. The zero-order valence-corrected chi connectivity index (χ0v) is 7.15. The Morgan fingerprint density at radius 2 is 2.08 bits per heavy atom. The first-order valence-corrected chi connectivity index (χ1v) is 3.83. The molecule has 1 nitrogen and oxygen atoms in total. The van der Waals surface area contributed by atoms with Crippen molar-refractivity contribution in [3.05, 3.63) is 36.0 Å². The van der Waals surface area contributed by atoms with E-state index in [1.807, 2.05) is 0 Å². The molecule has 1 rings (SSSR count). The second-order valence-corrected chi connectivity index (χ2v) is 2.64. The van der Waals surface area contributed by atoms with Crippen LogP contribution in [0.5, 0.6) is 0 Å². The molecular weight excluding hydrogens is 179 g/mol. The highest BCUT2D eigenvalue weighted by atomic mass is 19.4. The lowest BCUT2D eigenvalue weighted by atomic mass is 10.1. The van der Waals surface area contributed by atoms with Gasteiger partial charge in [0.2, 0.25) is 0 Å². The average Bonchev–Trinajstić information content (AvgIpc) is 2.02. The topological polar surface area (TPSA) is 12.9 Å². The van der Waals surface area contributed by atoms with Gasteiger partial charge in [0.1, 0.15) is 0 Å². The van der Waals surface area contributed by atoms with Crippen LogP contribution in [-0.2, 0) is 12.6 Å². The first kappa shape index (κ1) is 10.0. The summed E-state index contributed by atoms with van der Waals surface area (Å²) < 4.78 is 36.9. The Morgan fingerprint density at radius 3 is 2.54 bits per heavy atom. The largest absolute Gasteiger partial charge is 0.416 e. The second kappa shape index (κ2) is 3.36. The molecule has 71 valence electrons. The fraction of sp³-hybridized carbons (Fsp3) is 0.333. The Morgan fingerprint density at radius 1 is 1.46 bits per heavy atom. The average molecular weight is 188 g/mol. The van der Waals surface area contributed by atoms with E-state index >= 15 is 0 Å². The summed E-state index contributed by atoms with van der Waals surface area (Å²) in [7, 11) is 0. The van der Waals surface area contributed by atoms with Gasteiger partial charge < -0.3 is 0 Å². The minimum Gasteiger partial charge on any atom is -0.261 e. The van der Waals surface area contributed by atoms with Crippen LogP contribution in [0.4, 0.5) is 13.2 Å². The summed E-state index contributed by atoms with van der Waals surface area (Å²) in [6.45, 7) is 5.12. The van der Waals surface area contributed by atoms with Gasteiger partial charge in [0, 0.05) is 11.9 Å². The van der Waals surface area contributed by atoms with Gasteiger partial charge in [0.15, 0.2) is 0 Å².